The van der Waals surface area contributed by atoms with Gasteiger partial charge in [0.05, 0.1) is 13.0 Å². The van der Waals surface area contributed by atoms with Crippen LogP contribution in [0.4, 0.5) is 4.39 Å². The van der Waals surface area contributed by atoms with Crippen molar-refractivity contribution in [1.29, 1.82) is 0 Å². The van der Waals surface area contributed by atoms with Crippen molar-refractivity contribution >= 4 is 24.1 Å². The largest absolute Gasteiger partial charge is 0.343 e. The van der Waals surface area contributed by atoms with E-state index >= 15 is 0 Å². The lowest BCUT2D eigenvalue weighted by Crippen LogP contribution is -2.33. The van der Waals surface area contributed by atoms with Crippen molar-refractivity contribution in [3.8, 4) is 0 Å². The zero-order chi connectivity index (χ0) is 19.8. The highest BCUT2D eigenvalue weighted by Crippen LogP contribution is 2.32. The number of fused-ring (bicyclic) bond motifs is 1. The number of Topliss-reactive ketones (excluding diaryl/α,β-unsaturated/α-hetero) is 1. The second kappa shape index (κ2) is 8.67. The summed E-state index contributed by atoms with van der Waals surface area (Å²) in [6.45, 7) is 3.55. The molecule has 1 aromatic carbocycles. The van der Waals surface area contributed by atoms with Gasteiger partial charge < -0.3 is 15.2 Å². The number of aromatic nitrogens is 1. The fourth-order valence-electron chi connectivity index (χ4n) is 4.49. The molecule has 1 aliphatic heterocycles. The molecule has 0 radical (unpaired) electrons. The molecule has 2 aromatic rings. The maximum Gasteiger partial charge on any atom is 0.227 e. The molecule has 1 atom stereocenters. The second-order valence-electron chi connectivity index (χ2n) is 7.91. The minimum Gasteiger partial charge on any atom is -0.343 e. The van der Waals surface area contributed by atoms with Gasteiger partial charge in [-0.3, -0.25) is 9.59 Å². The van der Waals surface area contributed by atoms with Gasteiger partial charge in [0.2, 0.25) is 5.91 Å². The van der Waals surface area contributed by atoms with Crippen molar-refractivity contribution in [2.75, 3.05) is 13.1 Å². The maximum absolute atomic E-state index is 14.2. The predicted molar refractivity (Wildman–Crippen MR) is 112 cm³/mol. The number of hydrogen-bond donors (Lipinski definition) is 1. The van der Waals surface area contributed by atoms with E-state index in [1.807, 2.05) is 17.6 Å². The fourth-order valence-corrected chi connectivity index (χ4v) is 4.49. The summed E-state index contributed by atoms with van der Waals surface area (Å²) in [6.07, 6.45) is 3.10. The number of amides is 1. The first kappa shape index (κ1) is 21.5. The average Bonchev–Trinajstić information content (AvgIpc) is 3.21. The second-order valence-corrected chi connectivity index (χ2v) is 7.91. The number of hydrogen-bond acceptors (Lipinski definition) is 3. The predicted octanol–water partition coefficient (Wildman–Crippen LogP) is 3.03. The molecule has 7 heteroatoms. The van der Waals surface area contributed by atoms with E-state index < -0.39 is 0 Å². The van der Waals surface area contributed by atoms with E-state index in [2.05, 4.69) is 0 Å². The molecule has 4 rings (SSSR count). The van der Waals surface area contributed by atoms with E-state index in [4.69, 9.17) is 5.73 Å². The van der Waals surface area contributed by atoms with Crippen LogP contribution in [0.1, 0.15) is 52.1 Å². The summed E-state index contributed by atoms with van der Waals surface area (Å²) in [5.74, 6) is -0.145. The summed E-state index contributed by atoms with van der Waals surface area (Å²) < 4.78 is 16.3. The first-order chi connectivity index (χ1) is 13.5. The molecule has 1 saturated heterocycles. The Balaban J connectivity index is 0.00000240. The Kier molecular flexibility index (Phi) is 6.44. The number of nitrogens with two attached hydrogens (primary N) is 1. The monoisotopic (exact) mass is 419 g/mol. The minimum absolute atomic E-state index is 0. The van der Waals surface area contributed by atoms with Crippen LogP contribution in [0.15, 0.2) is 24.3 Å². The number of carbonyl (C=O) groups is 2. The van der Waals surface area contributed by atoms with Crippen LogP contribution in [0.2, 0.25) is 0 Å². The molecule has 0 bridgehead atoms. The Morgan fingerprint density at radius 3 is 2.72 bits per heavy atom. The van der Waals surface area contributed by atoms with Crippen LogP contribution in [-0.2, 0) is 24.2 Å². The van der Waals surface area contributed by atoms with Gasteiger partial charge in [0, 0.05) is 48.1 Å². The quantitative estimate of drug-likeness (QED) is 0.828. The van der Waals surface area contributed by atoms with E-state index in [0.29, 0.717) is 37.2 Å². The number of nitrogens with zero attached hydrogens (tertiary/aromatic N) is 2. The summed E-state index contributed by atoms with van der Waals surface area (Å²) in [5.41, 5.74) is 9.85. The summed E-state index contributed by atoms with van der Waals surface area (Å²) in [4.78, 5) is 27.3. The highest BCUT2D eigenvalue weighted by Gasteiger charge is 2.31. The molecule has 5 nitrogen and oxygen atoms in total. The van der Waals surface area contributed by atoms with Gasteiger partial charge in [-0.1, -0.05) is 18.2 Å². The lowest BCUT2D eigenvalue weighted by molar-refractivity contribution is -0.129. The smallest absolute Gasteiger partial charge is 0.227 e. The van der Waals surface area contributed by atoms with Gasteiger partial charge in [0.1, 0.15) is 5.82 Å². The summed E-state index contributed by atoms with van der Waals surface area (Å²) >= 11 is 0. The van der Waals surface area contributed by atoms with Gasteiger partial charge in [-0.2, -0.15) is 0 Å². The first-order valence-electron chi connectivity index (χ1n) is 9.96. The summed E-state index contributed by atoms with van der Waals surface area (Å²) in [6, 6.07) is 6.74. The SMILES string of the molecule is Cc1c(CC(=O)N2CCC(N)C2)c2c(n1Cc1ccccc1F)CCCC2=O.Cl. The molecular formula is C22H27ClFN3O2. The highest BCUT2D eigenvalue weighted by atomic mass is 35.5. The molecule has 1 aliphatic carbocycles. The van der Waals surface area contributed by atoms with Gasteiger partial charge in [-0.25, -0.2) is 4.39 Å². The third kappa shape index (κ3) is 4.09. The van der Waals surface area contributed by atoms with Crippen LogP contribution in [-0.4, -0.2) is 40.3 Å². The van der Waals surface area contributed by atoms with Crippen molar-refractivity contribution in [3.05, 3.63) is 58.2 Å². The molecule has 156 valence electrons. The Labute approximate surface area is 176 Å². The number of halogens is 2. The van der Waals surface area contributed by atoms with E-state index in [1.165, 1.54) is 6.07 Å². The molecule has 29 heavy (non-hydrogen) atoms. The first-order valence-corrected chi connectivity index (χ1v) is 9.96. The Morgan fingerprint density at radius 1 is 1.28 bits per heavy atom. The van der Waals surface area contributed by atoms with Gasteiger partial charge in [-0.05, 0) is 37.8 Å². The highest BCUT2D eigenvalue weighted by molar-refractivity contribution is 6.01. The van der Waals surface area contributed by atoms with Gasteiger partial charge in [-0.15, -0.1) is 12.4 Å². The zero-order valence-electron chi connectivity index (χ0n) is 16.6. The standard InChI is InChI=1S/C22H26FN3O2.ClH/c1-14-17(11-21(28)25-10-9-16(24)13-25)22-19(7-4-8-20(22)27)26(14)12-15-5-2-3-6-18(15)23;/h2-3,5-6,16H,4,7-13,24H2,1H3;1H. The Hall–Kier alpha value is -2.18. The van der Waals surface area contributed by atoms with Crippen LogP contribution in [0, 0.1) is 12.7 Å². The molecule has 0 spiro atoms. The molecule has 1 aromatic heterocycles. The fraction of sp³-hybridized carbons (Fsp3) is 0.455. The third-order valence-corrected chi connectivity index (χ3v) is 6.05. The lowest BCUT2D eigenvalue weighted by Gasteiger charge is -2.17. The Morgan fingerprint density at radius 2 is 2.03 bits per heavy atom. The number of benzene rings is 1. The molecular weight excluding hydrogens is 393 g/mol. The molecule has 1 unspecified atom stereocenters. The van der Waals surface area contributed by atoms with Gasteiger partial charge >= 0.3 is 0 Å². The maximum atomic E-state index is 14.2. The number of carbonyl (C=O) groups excluding carboxylic acids is 2. The number of likely N-dealkylation sites (tertiary alicyclic amines) is 1. The normalized spacial score (nSPS) is 18.5. The van der Waals surface area contributed by atoms with Crippen molar-refractivity contribution in [2.24, 2.45) is 5.73 Å². The molecule has 2 aliphatic rings. The van der Waals surface area contributed by atoms with Gasteiger partial charge in [0.15, 0.2) is 5.78 Å². The van der Waals surface area contributed by atoms with E-state index in [1.54, 1.807) is 17.0 Å². The van der Waals surface area contributed by atoms with Crippen molar-refractivity contribution in [3.63, 3.8) is 0 Å². The van der Waals surface area contributed by atoms with Crippen molar-refractivity contribution < 1.29 is 14.0 Å². The minimum atomic E-state index is -0.254. The lowest BCUT2D eigenvalue weighted by atomic mass is 9.92. The van der Waals surface area contributed by atoms with Crippen LogP contribution >= 0.6 is 12.4 Å². The third-order valence-electron chi connectivity index (χ3n) is 6.05. The van der Waals surface area contributed by atoms with E-state index in [-0.39, 0.29) is 42.4 Å². The van der Waals surface area contributed by atoms with Crippen molar-refractivity contribution in [1.82, 2.24) is 9.47 Å². The summed E-state index contributed by atoms with van der Waals surface area (Å²) in [7, 11) is 0. The van der Waals surface area contributed by atoms with Crippen LogP contribution in [0.25, 0.3) is 0 Å². The van der Waals surface area contributed by atoms with Crippen molar-refractivity contribution in [2.45, 2.75) is 51.6 Å². The summed E-state index contributed by atoms with van der Waals surface area (Å²) in [5, 5.41) is 0. The van der Waals surface area contributed by atoms with Crippen LogP contribution < -0.4 is 5.73 Å². The molecule has 2 heterocycles. The van der Waals surface area contributed by atoms with E-state index in [9.17, 15) is 14.0 Å². The van der Waals surface area contributed by atoms with Crippen LogP contribution in [0.5, 0.6) is 0 Å². The number of rotatable bonds is 4. The van der Waals surface area contributed by atoms with E-state index in [0.717, 1.165) is 36.2 Å². The molecule has 0 saturated carbocycles. The molecule has 2 N–H and O–H groups in total. The average molecular weight is 420 g/mol. The zero-order valence-corrected chi connectivity index (χ0v) is 17.4. The molecule has 1 fully saturated rings. The van der Waals surface area contributed by atoms with Crippen LogP contribution in [0.3, 0.4) is 0 Å². The Bertz CT molecular complexity index is 940. The van der Waals surface area contributed by atoms with Gasteiger partial charge in [0.25, 0.3) is 0 Å². The molecule has 1 amide bonds. The number of ketones is 1. The topological polar surface area (TPSA) is 68.3 Å².